The molecular weight excluding hydrogens is 206 g/mol. The van der Waals surface area contributed by atoms with Crippen molar-refractivity contribution in [1.82, 2.24) is 0 Å². The Kier molecular flexibility index (Phi) is 3.64. The summed E-state index contributed by atoms with van der Waals surface area (Å²) in [6, 6.07) is 3.98. The standard InChI is InChI=1S/C12H17NO3/c1-14-8-10-9(4-5-13)2-3-11-12(10)16-7-6-15-11/h2-3H,4-8,13H2,1H3. The summed E-state index contributed by atoms with van der Waals surface area (Å²) in [7, 11) is 1.68. The second-order valence-electron chi connectivity index (χ2n) is 3.70. The van der Waals surface area contributed by atoms with Crippen molar-refractivity contribution in [3.63, 3.8) is 0 Å². The smallest absolute Gasteiger partial charge is 0.167 e. The third kappa shape index (κ3) is 2.13. The fourth-order valence-corrected chi connectivity index (χ4v) is 1.91. The van der Waals surface area contributed by atoms with Crippen LogP contribution < -0.4 is 15.2 Å². The number of methoxy groups -OCH3 is 1. The minimum atomic E-state index is 0.530. The van der Waals surface area contributed by atoms with Crippen molar-refractivity contribution in [2.45, 2.75) is 13.0 Å². The predicted molar refractivity (Wildman–Crippen MR) is 60.9 cm³/mol. The molecule has 0 atom stereocenters. The Balaban J connectivity index is 2.39. The van der Waals surface area contributed by atoms with Crippen LogP contribution in [0.3, 0.4) is 0 Å². The van der Waals surface area contributed by atoms with Gasteiger partial charge in [0.25, 0.3) is 0 Å². The molecule has 0 saturated carbocycles. The Morgan fingerprint density at radius 2 is 2.12 bits per heavy atom. The normalized spacial score (nSPS) is 13.9. The molecule has 88 valence electrons. The summed E-state index contributed by atoms with van der Waals surface area (Å²) < 4.78 is 16.4. The van der Waals surface area contributed by atoms with E-state index in [1.165, 1.54) is 5.56 Å². The summed E-state index contributed by atoms with van der Waals surface area (Å²) in [4.78, 5) is 0. The van der Waals surface area contributed by atoms with E-state index in [1.54, 1.807) is 7.11 Å². The van der Waals surface area contributed by atoms with Crippen LogP contribution in [0, 0.1) is 0 Å². The fourth-order valence-electron chi connectivity index (χ4n) is 1.91. The SMILES string of the molecule is COCc1c(CCN)ccc2c1OCCO2. The molecule has 1 aliphatic rings. The van der Waals surface area contributed by atoms with E-state index in [2.05, 4.69) is 0 Å². The van der Waals surface area contributed by atoms with Crippen LogP contribution in [0.5, 0.6) is 11.5 Å². The van der Waals surface area contributed by atoms with Gasteiger partial charge in [0, 0.05) is 12.7 Å². The van der Waals surface area contributed by atoms with Crippen molar-refractivity contribution in [2.75, 3.05) is 26.9 Å². The van der Waals surface area contributed by atoms with E-state index in [0.717, 1.165) is 23.5 Å². The molecule has 0 fully saturated rings. The summed E-state index contributed by atoms with van der Waals surface area (Å²) >= 11 is 0. The van der Waals surface area contributed by atoms with Gasteiger partial charge in [-0.2, -0.15) is 0 Å². The molecule has 2 N–H and O–H groups in total. The summed E-state index contributed by atoms with van der Waals surface area (Å²) in [5, 5.41) is 0. The Morgan fingerprint density at radius 3 is 2.88 bits per heavy atom. The third-order valence-electron chi connectivity index (χ3n) is 2.61. The summed E-state index contributed by atoms with van der Waals surface area (Å²) in [6.07, 6.45) is 0.829. The molecule has 0 saturated heterocycles. The van der Waals surface area contributed by atoms with Crippen LogP contribution in [0.1, 0.15) is 11.1 Å². The van der Waals surface area contributed by atoms with E-state index in [-0.39, 0.29) is 0 Å². The number of nitrogens with two attached hydrogens (primary N) is 1. The molecule has 0 aliphatic carbocycles. The molecule has 1 aromatic carbocycles. The zero-order valence-electron chi connectivity index (χ0n) is 9.49. The first-order chi connectivity index (χ1) is 7.86. The molecule has 2 rings (SSSR count). The van der Waals surface area contributed by atoms with Gasteiger partial charge in [-0.25, -0.2) is 0 Å². The molecular formula is C12H17NO3. The van der Waals surface area contributed by atoms with Crippen molar-refractivity contribution in [2.24, 2.45) is 5.73 Å². The van der Waals surface area contributed by atoms with E-state index >= 15 is 0 Å². The van der Waals surface area contributed by atoms with Gasteiger partial charge < -0.3 is 19.9 Å². The van der Waals surface area contributed by atoms with Crippen molar-refractivity contribution >= 4 is 0 Å². The minimum absolute atomic E-state index is 0.530. The highest BCUT2D eigenvalue weighted by molar-refractivity contribution is 5.51. The van der Waals surface area contributed by atoms with E-state index in [4.69, 9.17) is 19.9 Å². The number of hydrogen-bond donors (Lipinski definition) is 1. The van der Waals surface area contributed by atoms with Gasteiger partial charge in [0.2, 0.25) is 0 Å². The molecule has 0 spiro atoms. The fraction of sp³-hybridized carbons (Fsp3) is 0.500. The van der Waals surface area contributed by atoms with Crippen LogP contribution in [0.2, 0.25) is 0 Å². The van der Waals surface area contributed by atoms with Crippen LogP contribution in [-0.2, 0) is 17.8 Å². The lowest BCUT2D eigenvalue weighted by Gasteiger charge is -2.22. The number of ether oxygens (including phenoxy) is 3. The molecule has 1 heterocycles. The highest BCUT2D eigenvalue weighted by Gasteiger charge is 2.18. The lowest BCUT2D eigenvalue weighted by Crippen LogP contribution is -2.18. The van der Waals surface area contributed by atoms with Gasteiger partial charge in [0.1, 0.15) is 13.2 Å². The molecule has 0 bridgehead atoms. The molecule has 16 heavy (non-hydrogen) atoms. The molecule has 0 amide bonds. The number of benzene rings is 1. The molecule has 4 nitrogen and oxygen atoms in total. The second kappa shape index (κ2) is 5.18. The second-order valence-corrected chi connectivity index (χ2v) is 3.70. The molecule has 0 radical (unpaired) electrons. The zero-order chi connectivity index (χ0) is 11.4. The van der Waals surface area contributed by atoms with Crippen LogP contribution >= 0.6 is 0 Å². The molecule has 0 unspecified atom stereocenters. The number of hydrogen-bond acceptors (Lipinski definition) is 4. The van der Waals surface area contributed by atoms with Crippen LogP contribution in [-0.4, -0.2) is 26.9 Å². The Morgan fingerprint density at radius 1 is 1.31 bits per heavy atom. The van der Waals surface area contributed by atoms with Crippen LogP contribution in [0.25, 0.3) is 0 Å². The topological polar surface area (TPSA) is 53.7 Å². The Hall–Kier alpha value is -1.26. The average Bonchev–Trinajstić information content (AvgIpc) is 2.32. The predicted octanol–water partition coefficient (Wildman–Crippen LogP) is 1.11. The molecule has 0 aromatic heterocycles. The van der Waals surface area contributed by atoms with E-state index in [1.807, 2.05) is 12.1 Å². The van der Waals surface area contributed by atoms with Crippen molar-refractivity contribution in [1.29, 1.82) is 0 Å². The number of rotatable bonds is 4. The highest BCUT2D eigenvalue weighted by Crippen LogP contribution is 2.36. The summed E-state index contributed by atoms with van der Waals surface area (Å²) in [5.74, 6) is 1.62. The maximum atomic E-state index is 5.65. The van der Waals surface area contributed by atoms with Gasteiger partial charge >= 0.3 is 0 Å². The van der Waals surface area contributed by atoms with Gasteiger partial charge in [-0.05, 0) is 24.6 Å². The monoisotopic (exact) mass is 223 g/mol. The molecule has 4 heteroatoms. The van der Waals surface area contributed by atoms with Gasteiger partial charge in [-0.15, -0.1) is 0 Å². The van der Waals surface area contributed by atoms with Crippen molar-refractivity contribution in [3.8, 4) is 11.5 Å². The van der Waals surface area contributed by atoms with E-state index in [9.17, 15) is 0 Å². The first-order valence-corrected chi connectivity index (χ1v) is 5.46. The summed E-state index contributed by atoms with van der Waals surface area (Å²) in [6.45, 7) is 2.35. The quantitative estimate of drug-likeness (QED) is 0.830. The molecule has 1 aromatic rings. The lowest BCUT2D eigenvalue weighted by molar-refractivity contribution is 0.152. The van der Waals surface area contributed by atoms with Crippen LogP contribution in [0.4, 0.5) is 0 Å². The van der Waals surface area contributed by atoms with Gasteiger partial charge in [-0.3, -0.25) is 0 Å². The van der Waals surface area contributed by atoms with Gasteiger partial charge in [0.05, 0.1) is 6.61 Å². The number of fused-ring (bicyclic) bond motifs is 1. The average molecular weight is 223 g/mol. The third-order valence-corrected chi connectivity index (χ3v) is 2.61. The van der Waals surface area contributed by atoms with E-state index < -0.39 is 0 Å². The minimum Gasteiger partial charge on any atom is -0.486 e. The van der Waals surface area contributed by atoms with Crippen LogP contribution in [0.15, 0.2) is 12.1 Å². The maximum absolute atomic E-state index is 5.65. The lowest BCUT2D eigenvalue weighted by atomic mass is 10.0. The summed E-state index contributed by atoms with van der Waals surface area (Å²) in [5.41, 5.74) is 7.82. The van der Waals surface area contributed by atoms with Crippen molar-refractivity contribution in [3.05, 3.63) is 23.3 Å². The molecule has 1 aliphatic heterocycles. The first-order valence-electron chi connectivity index (χ1n) is 5.46. The Labute approximate surface area is 95.3 Å². The first kappa shape index (κ1) is 11.2. The highest BCUT2D eigenvalue weighted by atomic mass is 16.6. The Bertz CT molecular complexity index is 366. The maximum Gasteiger partial charge on any atom is 0.167 e. The van der Waals surface area contributed by atoms with Crippen molar-refractivity contribution < 1.29 is 14.2 Å². The van der Waals surface area contributed by atoms with Gasteiger partial charge in [-0.1, -0.05) is 6.07 Å². The zero-order valence-corrected chi connectivity index (χ0v) is 9.49. The van der Waals surface area contributed by atoms with Gasteiger partial charge in [0.15, 0.2) is 11.5 Å². The largest absolute Gasteiger partial charge is 0.486 e. The van der Waals surface area contributed by atoms with E-state index in [0.29, 0.717) is 26.4 Å².